The molecular weight excluding hydrogens is 284 g/mol. The van der Waals surface area contributed by atoms with Crippen molar-refractivity contribution >= 4 is 11.8 Å². The molecule has 0 aliphatic heterocycles. The number of nitrogens with zero attached hydrogens (tertiary/aromatic N) is 4. The topological polar surface area (TPSA) is 56.7 Å². The van der Waals surface area contributed by atoms with Gasteiger partial charge in [-0.05, 0) is 5.56 Å². The molecule has 0 aliphatic carbocycles. The van der Waals surface area contributed by atoms with Gasteiger partial charge >= 0.3 is 0 Å². The zero-order valence-corrected chi connectivity index (χ0v) is 12.8. The summed E-state index contributed by atoms with van der Waals surface area (Å²) in [4.78, 5) is 8.77. The van der Waals surface area contributed by atoms with Crippen LogP contribution in [0.2, 0.25) is 0 Å². The van der Waals surface area contributed by atoms with Crippen LogP contribution in [-0.4, -0.2) is 19.7 Å². The number of hydrogen-bond acceptors (Lipinski definition) is 5. The summed E-state index contributed by atoms with van der Waals surface area (Å²) in [6.07, 6.45) is 2.68. The summed E-state index contributed by atoms with van der Waals surface area (Å²) >= 11 is 1.60. The van der Waals surface area contributed by atoms with Crippen molar-refractivity contribution in [2.45, 2.75) is 24.3 Å². The van der Waals surface area contributed by atoms with E-state index in [-0.39, 0.29) is 0 Å². The summed E-state index contributed by atoms with van der Waals surface area (Å²) in [7, 11) is 2.02. The third kappa shape index (κ3) is 3.00. The fourth-order valence-corrected chi connectivity index (χ4v) is 2.81. The van der Waals surface area contributed by atoms with Crippen molar-refractivity contribution in [3.8, 4) is 11.3 Å². The molecule has 6 heteroatoms. The Labute approximate surface area is 127 Å². The molecular formula is C15H16N4OS. The molecule has 0 radical (unpaired) electrons. The van der Waals surface area contributed by atoms with Gasteiger partial charge in [-0.15, -0.1) is 0 Å². The summed E-state index contributed by atoms with van der Waals surface area (Å²) in [6.45, 7) is 2.01. The van der Waals surface area contributed by atoms with Gasteiger partial charge in [-0.25, -0.2) is 4.98 Å². The molecule has 1 aromatic carbocycles. The van der Waals surface area contributed by atoms with Crippen LogP contribution in [0.1, 0.15) is 18.6 Å². The molecule has 0 amide bonds. The summed E-state index contributed by atoms with van der Waals surface area (Å²) in [5.74, 6) is 2.02. The van der Waals surface area contributed by atoms with Crippen LogP contribution in [-0.2, 0) is 19.2 Å². The Morgan fingerprint density at radius 3 is 2.76 bits per heavy atom. The molecule has 2 heterocycles. The average molecular weight is 300 g/mol. The first-order valence-electron chi connectivity index (χ1n) is 6.79. The largest absolute Gasteiger partial charge is 0.338 e. The Bertz CT molecular complexity index is 720. The van der Waals surface area contributed by atoms with E-state index in [4.69, 9.17) is 4.52 Å². The first-order chi connectivity index (χ1) is 10.3. The zero-order valence-electron chi connectivity index (χ0n) is 12.0. The molecule has 0 unspecified atom stereocenters. The fraction of sp³-hybridized carbons (Fsp3) is 0.267. The lowest BCUT2D eigenvalue weighted by Gasteiger charge is -2.04. The van der Waals surface area contributed by atoms with Crippen molar-refractivity contribution in [2.75, 3.05) is 0 Å². The number of aryl methyl sites for hydroxylation is 1. The van der Waals surface area contributed by atoms with Crippen molar-refractivity contribution in [3.05, 3.63) is 48.2 Å². The van der Waals surface area contributed by atoms with E-state index >= 15 is 0 Å². The van der Waals surface area contributed by atoms with Gasteiger partial charge in [-0.3, -0.25) is 0 Å². The highest BCUT2D eigenvalue weighted by atomic mass is 32.2. The molecule has 0 saturated heterocycles. The van der Waals surface area contributed by atoms with Gasteiger partial charge in [0.05, 0.1) is 17.6 Å². The Morgan fingerprint density at radius 1 is 1.24 bits per heavy atom. The van der Waals surface area contributed by atoms with Gasteiger partial charge in [0, 0.05) is 13.5 Å². The molecule has 108 valence electrons. The number of hydrogen-bond donors (Lipinski definition) is 0. The number of benzene rings is 1. The molecule has 3 rings (SSSR count). The number of imidazole rings is 1. The van der Waals surface area contributed by atoms with E-state index in [2.05, 4.69) is 31.8 Å². The quantitative estimate of drug-likeness (QED) is 0.676. The van der Waals surface area contributed by atoms with E-state index < -0.39 is 0 Å². The maximum atomic E-state index is 5.19. The Morgan fingerprint density at radius 2 is 2.05 bits per heavy atom. The average Bonchev–Trinajstić information content (AvgIpc) is 3.13. The standard InChI is InChI=1S/C15H16N4OS/c1-3-13-17-14(20-18-13)10-21-15-16-9-12(19(15)2)11-7-5-4-6-8-11/h4-9H,3,10H2,1-2H3. The Balaban J connectivity index is 1.74. The maximum absolute atomic E-state index is 5.19. The van der Waals surface area contributed by atoms with E-state index in [1.54, 1.807) is 11.8 Å². The van der Waals surface area contributed by atoms with Gasteiger partial charge in [-0.1, -0.05) is 54.2 Å². The van der Waals surface area contributed by atoms with Crippen molar-refractivity contribution in [2.24, 2.45) is 7.05 Å². The normalized spacial score (nSPS) is 11.0. The van der Waals surface area contributed by atoms with Gasteiger partial charge in [0.15, 0.2) is 11.0 Å². The maximum Gasteiger partial charge on any atom is 0.237 e. The molecule has 0 N–H and O–H groups in total. The molecule has 3 aromatic rings. The van der Waals surface area contributed by atoms with E-state index in [9.17, 15) is 0 Å². The highest BCUT2D eigenvalue weighted by Gasteiger charge is 2.11. The van der Waals surface area contributed by atoms with Crippen molar-refractivity contribution < 1.29 is 4.52 Å². The van der Waals surface area contributed by atoms with Crippen LogP contribution in [0.3, 0.4) is 0 Å². The predicted molar refractivity (Wildman–Crippen MR) is 81.9 cm³/mol. The minimum atomic E-state index is 0.631. The second-order valence-electron chi connectivity index (χ2n) is 4.60. The summed E-state index contributed by atoms with van der Waals surface area (Å²) in [5, 5.41) is 4.83. The number of rotatable bonds is 5. The van der Waals surface area contributed by atoms with E-state index in [1.807, 2.05) is 38.4 Å². The highest BCUT2D eigenvalue weighted by Crippen LogP contribution is 2.26. The molecule has 0 aliphatic rings. The Hall–Kier alpha value is -2.08. The van der Waals surface area contributed by atoms with Crippen LogP contribution in [0.5, 0.6) is 0 Å². The fourth-order valence-electron chi connectivity index (χ4n) is 2.02. The minimum absolute atomic E-state index is 0.631. The summed E-state index contributed by atoms with van der Waals surface area (Å²) < 4.78 is 7.27. The minimum Gasteiger partial charge on any atom is -0.338 e. The first-order valence-corrected chi connectivity index (χ1v) is 7.78. The third-order valence-corrected chi connectivity index (χ3v) is 4.19. The molecule has 0 atom stereocenters. The molecule has 5 nitrogen and oxygen atoms in total. The molecule has 21 heavy (non-hydrogen) atoms. The first kappa shape index (κ1) is 13.9. The van der Waals surface area contributed by atoms with Crippen molar-refractivity contribution in [1.29, 1.82) is 0 Å². The van der Waals surface area contributed by atoms with Crippen LogP contribution in [0, 0.1) is 0 Å². The molecule has 0 saturated carbocycles. The van der Waals surface area contributed by atoms with E-state index in [0.29, 0.717) is 11.6 Å². The van der Waals surface area contributed by atoms with Gasteiger partial charge < -0.3 is 9.09 Å². The third-order valence-electron chi connectivity index (χ3n) is 3.17. The predicted octanol–water partition coefficient (Wildman–Crippen LogP) is 3.32. The summed E-state index contributed by atoms with van der Waals surface area (Å²) in [5.41, 5.74) is 2.25. The van der Waals surface area contributed by atoms with Crippen LogP contribution in [0.25, 0.3) is 11.3 Å². The van der Waals surface area contributed by atoms with Crippen LogP contribution >= 0.6 is 11.8 Å². The molecule has 0 fully saturated rings. The summed E-state index contributed by atoms with van der Waals surface area (Å²) in [6, 6.07) is 10.2. The van der Waals surface area contributed by atoms with E-state index in [0.717, 1.165) is 28.7 Å². The zero-order chi connectivity index (χ0) is 14.7. The van der Waals surface area contributed by atoms with Crippen LogP contribution in [0.4, 0.5) is 0 Å². The van der Waals surface area contributed by atoms with Gasteiger partial charge in [-0.2, -0.15) is 4.98 Å². The number of thioether (sulfide) groups is 1. The number of aromatic nitrogens is 4. The lowest BCUT2D eigenvalue weighted by atomic mass is 10.2. The van der Waals surface area contributed by atoms with Crippen molar-refractivity contribution in [1.82, 2.24) is 19.7 Å². The molecule has 0 spiro atoms. The van der Waals surface area contributed by atoms with Gasteiger partial charge in [0.2, 0.25) is 5.89 Å². The Kier molecular flexibility index (Phi) is 4.06. The molecule has 0 bridgehead atoms. The lowest BCUT2D eigenvalue weighted by Crippen LogP contribution is -1.94. The van der Waals surface area contributed by atoms with Crippen LogP contribution in [0.15, 0.2) is 46.2 Å². The SMILES string of the molecule is CCc1noc(CSc2ncc(-c3ccccc3)n2C)n1. The van der Waals surface area contributed by atoms with E-state index in [1.165, 1.54) is 0 Å². The lowest BCUT2D eigenvalue weighted by molar-refractivity contribution is 0.385. The highest BCUT2D eigenvalue weighted by molar-refractivity contribution is 7.98. The monoisotopic (exact) mass is 300 g/mol. The second-order valence-corrected chi connectivity index (χ2v) is 5.54. The van der Waals surface area contributed by atoms with Crippen LogP contribution < -0.4 is 0 Å². The van der Waals surface area contributed by atoms with Gasteiger partial charge in [0.1, 0.15) is 0 Å². The van der Waals surface area contributed by atoms with Gasteiger partial charge in [0.25, 0.3) is 0 Å². The second kappa shape index (κ2) is 6.13. The molecule has 2 aromatic heterocycles. The smallest absolute Gasteiger partial charge is 0.237 e. The van der Waals surface area contributed by atoms with Crippen molar-refractivity contribution in [3.63, 3.8) is 0 Å².